The average molecular weight is 260 g/mol. The molecule has 0 atom stereocenters. The fourth-order valence-corrected chi connectivity index (χ4v) is 2.32. The number of ether oxygens (including phenoxy) is 1. The first kappa shape index (κ1) is 13.7. The van der Waals surface area contributed by atoms with Crippen LogP contribution in [0.1, 0.15) is 32.3 Å². The summed E-state index contributed by atoms with van der Waals surface area (Å²) >= 11 is 0. The van der Waals surface area contributed by atoms with Crippen LogP contribution in [0.3, 0.4) is 0 Å². The minimum absolute atomic E-state index is 0.476. The molecular formula is C16H20O3. The number of hydrogen-bond acceptors (Lipinski definition) is 2. The van der Waals surface area contributed by atoms with Gasteiger partial charge in [0.2, 0.25) is 0 Å². The zero-order valence-corrected chi connectivity index (χ0v) is 11.4. The number of carboxylic acids is 1. The quantitative estimate of drug-likeness (QED) is 0.825. The smallest absolute Gasteiger partial charge is 0.314 e. The Morgan fingerprint density at radius 2 is 1.84 bits per heavy atom. The highest BCUT2D eigenvalue weighted by Crippen LogP contribution is 2.38. The van der Waals surface area contributed by atoms with E-state index in [9.17, 15) is 9.90 Å². The second-order valence-electron chi connectivity index (χ2n) is 5.50. The Hall–Kier alpha value is -1.77. The van der Waals surface area contributed by atoms with Crippen molar-refractivity contribution in [1.29, 1.82) is 0 Å². The second kappa shape index (κ2) is 5.47. The summed E-state index contributed by atoms with van der Waals surface area (Å²) in [7, 11) is 0. The molecular weight excluding hydrogens is 240 g/mol. The average Bonchev–Trinajstić information content (AvgIpc) is 2.87. The Labute approximate surface area is 113 Å². The summed E-state index contributed by atoms with van der Waals surface area (Å²) in [6.45, 7) is 4.86. The lowest BCUT2D eigenvalue weighted by atomic mass is 9.78. The van der Waals surface area contributed by atoms with Gasteiger partial charge in [0, 0.05) is 0 Å². The highest BCUT2D eigenvalue weighted by molar-refractivity contribution is 5.82. The minimum atomic E-state index is -0.781. The van der Waals surface area contributed by atoms with Crippen molar-refractivity contribution in [2.45, 2.75) is 32.1 Å². The van der Waals surface area contributed by atoms with Gasteiger partial charge in [0.05, 0.1) is 12.0 Å². The van der Waals surface area contributed by atoms with Gasteiger partial charge in [-0.1, -0.05) is 38.1 Å². The molecule has 0 saturated carbocycles. The maximum atomic E-state index is 11.6. The van der Waals surface area contributed by atoms with Gasteiger partial charge in [0.25, 0.3) is 0 Å². The van der Waals surface area contributed by atoms with Crippen LogP contribution in [0.4, 0.5) is 0 Å². The first-order chi connectivity index (χ1) is 9.04. The van der Waals surface area contributed by atoms with E-state index in [4.69, 9.17) is 4.74 Å². The van der Waals surface area contributed by atoms with Crippen molar-refractivity contribution in [3.8, 4) is 5.75 Å². The number of aliphatic carboxylic acids is 1. The van der Waals surface area contributed by atoms with Crippen LogP contribution in [0.15, 0.2) is 36.4 Å². The molecule has 0 aliphatic heterocycles. The number of hydrogen-bond donors (Lipinski definition) is 1. The number of benzene rings is 1. The molecule has 102 valence electrons. The van der Waals surface area contributed by atoms with E-state index in [2.05, 4.69) is 13.8 Å². The Kier molecular flexibility index (Phi) is 3.93. The molecule has 1 aromatic rings. The maximum absolute atomic E-state index is 11.6. The maximum Gasteiger partial charge on any atom is 0.314 e. The zero-order valence-electron chi connectivity index (χ0n) is 11.4. The van der Waals surface area contributed by atoms with Crippen LogP contribution < -0.4 is 4.74 Å². The Morgan fingerprint density at radius 1 is 1.26 bits per heavy atom. The van der Waals surface area contributed by atoms with Crippen LogP contribution in [-0.4, -0.2) is 17.7 Å². The molecule has 0 radical (unpaired) electrons. The van der Waals surface area contributed by atoms with Gasteiger partial charge in [0.1, 0.15) is 5.75 Å². The molecule has 0 fully saturated rings. The summed E-state index contributed by atoms with van der Waals surface area (Å²) in [4.78, 5) is 11.6. The van der Waals surface area contributed by atoms with E-state index >= 15 is 0 Å². The number of carboxylic acid groups (broad SMARTS) is 1. The Balaban J connectivity index is 2.15. The molecule has 1 aliphatic carbocycles. The number of rotatable bonds is 5. The van der Waals surface area contributed by atoms with Crippen LogP contribution in [0.5, 0.6) is 5.75 Å². The van der Waals surface area contributed by atoms with Crippen molar-refractivity contribution >= 4 is 5.97 Å². The lowest BCUT2D eigenvalue weighted by Crippen LogP contribution is -2.32. The van der Waals surface area contributed by atoms with Gasteiger partial charge >= 0.3 is 5.97 Å². The van der Waals surface area contributed by atoms with Gasteiger partial charge in [-0.25, -0.2) is 0 Å². The second-order valence-corrected chi connectivity index (χ2v) is 5.50. The van der Waals surface area contributed by atoms with Gasteiger partial charge < -0.3 is 9.84 Å². The van der Waals surface area contributed by atoms with Crippen LogP contribution >= 0.6 is 0 Å². The molecule has 2 rings (SSSR count). The predicted octanol–water partition coefficient (Wildman–Crippen LogP) is 3.39. The third kappa shape index (κ3) is 2.80. The normalized spacial score (nSPS) is 16.8. The summed E-state index contributed by atoms with van der Waals surface area (Å²) in [5.74, 6) is 0.515. The van der Waals surface area contributed by atoms with E-state index in [1.54, 1.807) is 0 Å². The topological polar surface area (TPSA) is 46.5 Å². The monoisotopic (exact) mass is 260 g/mol. The summed E-state index contributed by atoms with van der Waals surface area (Å²) in [5.41, 5.74) is 0.0678. The predicted molar refractivity (Wildman–Crippen MR) is 74.5 cm³/mol. The van der Waals surface area contributed by atoms with Gasteiger partial charge in [0.15, 0.2) is 0 Å². The van der Waals surface area contributed by atoms with Gasteiger partial charge in [-0.3, -0.25) is 4.79 Å². The molecule has 0 spiro atoms. The van der Waals surface area contributed by atoms with Crippen molar-refractivity contribution in [3.63, 3.8) is 0 Å². The first-order valence-electron chi connectivity index (χ1n) is 6.66. The summed E-state index contributed by atoms with van der Waals surface area (Å²) in [5, 5.41) is 9.49. The zero-order chi connectivity index (χ0) is 13.9. The summed E-state index contributed by atoms with van der Waals surface area (Å²) in [6.07, 6.45) is 5.01. The first-order valence-corrected chi connectivity index (χ1v) is 6.66. The molecule has 1 aliphatic rings. The van der Waals surface area contributed by atoms with E-state index in [0.717, 1.165) is 11.3 Å². The van der Waals surface area contributed by atoms with Crippen molar-refractivity contribution in [2.24, 2.45) is 5.92 Å². The van der Waals surface area contributed by atoms with Crippen LogP contribution in [0.2, 0.25) is 0 Å². The van der Waals surface area contributed by atoms with Crippen molar-refractivity contribution in [3.05, 3.63) is 42.0 Å². The molecule has 3 nitrogen and oxygen atoms in total. The fourth-order valence-electron chi connectivity index (χ4n) is 2.32. The van der Waals surface area contributed by atoms with Gasteiger partial charge in [-0.05, 0) is 36.5 Å². The summed E-state index contributed by atoms with van der Waals surface area (Å²) < 4.78 is 5.62. The fraction of sp³-hybridized carbons (Fsp3) is 0.438. The molecule has 0 aromatic heterocycles. The Bertz CT molecular complexity index is 463. The van der Waals surface area contributed by atoms with E-state index in [1.165, 1.54) is 0 Å². The highest BCUT2D eigenvalue weighted by atomic mass is 16.5. The third-order valence-corrected chi connectivity index (χ3v) is 3.50. The highest BCUT2D eigenvalue weighted by Gasteiger charge is 2.40. The van der Waals surface area contributed by atoms with Crippen LogP contribution in [0.25, 0.3) is 0 Å². The van der Waals surface area contributed by atoms with E-state index in [1.807, 2.05) is 36.4 Å². The largest absolute Gasteiger partial charge is 0.493 e. The van der Waals surface area contributed by atoms with Gasteiger partial charge in [-0.15, -0.1) is 0 Å². The van der Waals surface area contributed by atoms with Crippen LogP contribution in [0, 0.1) is 5.92 Å². The molecule has 0 amide bonds. The number of allylic oxidation sites excluding steroid dienone is 2. The van der Waals surface area contributed by atoms with Crippen molar-refractivity contribution < 1.29 is 14.6 Å². The minimum Gasteiger partial charge on any atom is -0.493 e. The van der Waals surface area contributed by atoms with Crippen molar-refractivity contribution in [1.82, 2.24) is 0 Å². The molecule has 0 bridgehead atoms. The molecule has 3 heteroatoms. The molecule has 1 aromatic carbocycles. The van der Waals surface area contributed by atoms with E-state index in [-0.39, 0.29) is 0 Å². The lowest BCUT2D eigenvalue weighted by molar-refractivity contribution is -0.143. The standard InChI is InChI=1S/C16H20O3/c1-12(2)11-19-14-7-5-13(6-8-14)16(15(17)18)9-3-4-10-16/h3-8,12H,9-11H2,1-2H3,(H,17,18). The molecule has 0 heterocycles. The molecule has 0 saturated heterocycles. The summed E-state index contributed by atoms with van der Waals surface area (Å²) in [6, 6.07) is 7.47. The lowest BCUT2D eigenvalue weighted by Gasteiger charge is -2.24. The SMILES string of the molecule is CC(C)COc1ccc(C2(C(=O)O)CC=CC2)cc1. The number of carbonyl (C=O) groups is 1. The molecule has 1 N–H and O–H groups in total. The molecule has 0 unspecified atom stereocenters. The van der Waals surface area contributed by atoms with Crippen LogP contribution in [-0.2, 0) is 10.2 Å². The van der Waals surface area contributed by atoms with Gasteiger partial charge in [-0.2, -0.15) is 0 Å². The third-order valence-electron chi connectivity index (χ3n) is 3.50. The van der Waals surface area contributed by atoms with E-state index in [0.29, 0.717) is 25.4 Å². The Morgan fingerprint density at radius 3 is 2.32 bits per heavy atom. The van der Waals surface area contributed by atoms with E-state index < -0.39 is 11.4 Å². The van der Waals surface area contributed by atoms with Crippen molar-refractivity contribution in [2.75, 3.05) is 6.61 Å². The molecule has 19 heavy (non-hydrogen) atoms.